The molecule has 3 heterocycles. The van der Waals surface area contributed by atoms with Crippen LogP contribution in [0.5, 0.6) is 0 Å². The maximum absolute atomic E-state index is 13.9. The van der Waals surface area contributed by atoms with Gasteiger partial charge in [0.25, 0.3) is 0 Å². The summed E-state index contributed by atoms with van der Waals surface area (Å²) in [6, 6.07) is 6.50. The largest absolute Gasteiger partial charge is 0.346 e. The van der Waals surface area contributed by atoms with Crippen LogP contribution in [0.15, 0.2) is 24.3 Å². The molecule has 0 unspecified atom stereocenters. The number of hydrogen-bond donors (Lipinski definition) is 0. The van der Waals surface area contributed by atoms with Gasteiger partial charge in [-0.1, -0.05) is 12.1 Å². The van der Waals surface area contributed by atoms with Crippen molar-refractivity contribution >= 4 is 22.7 Å². The molecule has 4 rings (SSSR count). The van der Waals surface area contributed by atoms with Crippen LogP contribution in [0.3, 0.4) is 0 Å². The second-order valence-electron chi connectivity index (χ2n) is 7.28. The molecule has 1 aromatic heterocycles. The highest BCUT2D eigenvalue weighted by Gasteiger charge is 2.50. The highest BCUT2D eigenvalue weighted by molar-refractivity contribution is 7.09. The summed E-state index contributed by atoms with van der Waals surface area (Å²) in [5.41, 5.74) is 0.864. The number of nitrogens with zero attached hydrogens (tertiary/aromatic N) is 5. The summed E-state index contributed by atoms with van der Waals surface area (Å²) in [4.78, 5) is 23.0. The molecule has 0 N–H and O–H groups in total. The van der Waals surface area contributed by atoms with Crippen LogP contribution in [0.2, 0.25) is 0 Å². The van der Waals surface area contributed by atoms with E-state index in [1.165, 1.54) is 17.6 Å². The van der Waals surface area contributed by atoms with Gasteiger partial charge < -0.3 is 14.7 Å². The van der Waals surface area contributed by atoms with Crippen molar-refractivity contribution in [2.24, 2.45) is 11.8 Å². The van der Waals surface area contributed by atoms with Crippen molar-refractivity contribution < 1.29 is 9.18 Å². The molecule has 0 radical (unpaired) electrons. The fourth-order valence-electron chi connectivity index (χ4n) is 4.19. The van der Waals surface area contributed by atoms with E-state index < -0.39 is 0 Å². The predicted molar refractivity (Wildman–Crippen MR) is 98.8 cm³/mol. The summed E-state index contributed by atoms with van der Waals surface area (Å²) >= 11 is 1.41. The summed E-state index contributed by atoms with van der Waals surface area (Å²) in [5, 5.41) is 0.931. The highest BCUT2D eigenvalue weighted by Crippen LogP contribution is 2.46. The van der Waals surface area contributed by atoms with Crippen LogP contribution >= 0.6 is 11.5 Å². The molecule has 2 amide bonds. The average molecular weight is 375 g/mol. The van der Waals surface area contributed by atoms with Crippen LogP contribution in [0.4, 0.5) is 14.3 Å². The van der Waals surface area contributed by atoms with E-state index in [4.69, 9.17) is 0 Å². The summed E-state index contributed by atoms with van der Waals surface area (Å²) < 4.78 is 18.1. The lowest BCUT2D eigenvalue weighted by atomic mass is 9.89. The Kier molecular flexibility index (Phi) is 4.30. The van der Waals surface area contributed by atoms with E-state index in [9.17, 15) is 9.18 Å². The van der Waals surface area contributed by atoms with E-state index in [1.54, 1.807) is 31.1 Å². The Bertz CT molecular complexity index is 825. The van der Waals surface area contributed by atoms with Gasteiger partial charge in [-0.15, -0.1) is 0 Å². The maximum Gasteiger partial charge on any atom is 0.320 e. The third-order valence-corrected chi connectivity index (χ3v) is 6.14. The number of aryl methyl sites for hydroxylation is 1. The van der Waals surface area contributed by atoms with Gasteiger partial charge in [0.15, 0.2) is 0 Å². The zero-order chi connectivity index (χ0) is 18.4. The Hall–Kier alpha value is -2.22. The van der Waals surface area contributed by atoms with Gasteiger partial charge >= 0.3 is 6.03 Å². The molecule has 2 aromatic rings. The first-order valence-corrected chi connectivity index (χ1v) is 9.50. The second-order valence-corrected chi connectivity index (χ2v) is 8.01. The second kappa shape index (κ2) is 6.50. The molecule has 0 spiro atoms. The van der Waals surface area contributed by atoms with E-state index in [0.717, 1.165) is 29.6 Å². The number of benzene rings is 1. The van der Waals surface area contributed by atoms with Gasteiger partial charge in [-0.2, -0.15) is 4.37 Å². The number of carbonyl (C=O) groups is 1. The van der Waals surface area contributed by atoms with Crippen molar-refractivity contribution in [2.45, 2.75) is 13.0 Å². The number of urea groups is 1. The van der Waals surface area contributed by atoms with Crippen LogP contribution in [0, 0.1) is 24.6 Å². The first kappa shape index (κ1) is 17.2. The zero-order valence-corrected chi connectivity index (χ0v) is 15.9. The van der Waals surface area contributed by atoms with Gasteiger partial charge in [0.1, 0.15) is 11.6 Å². The van der Waals surface area contributed by atoms with E-state index in [2.05, 4.69) is 14.3 Å². The molecule has 2 fully saturated rings. The van der Waals surface area contributed by atoms with Crippen LogP contribution in [-0.2, 0) is 0 Å². The van der Waals surface area contributed by atoms with Crippen molar-refractivity contribution in [2.75, 3.05) is 38.6 Å². The molecule has 2 saturated heterocycles. The fraction of sp³-hybridized carbons (Fsp3) is 0.500. The van der Waals surface area contributed by atoms with E-state index in [-0.39, 0.29) is 23.8 Å². The molecule has 8 heteroatoms. The number of halogens is 1. The first-order chi connectivity index (χ1) is 12.4. The lowest BCUT2D eigenvalue weighted by Crippen LogP contribution is -2.41. The van der Waals surface area contributed by atoms with Gasteiger partial charge in [-0.25, -0.2) is 14.2 Å². The van der Waals surface area contributed by atoms with Crippen LogP contribution < -0.4 is 4.90 Å². The Morgan fingerprint density at radius 1 is 1.31 bits per heavy atom. The van der Waals surface area contributed by atoms with Gasteiger partial charge in [0.2, 0.25) is 5.13 Å². The summed E-state index contributed by atoms with van der Waals surface area (Å²) in [6.45, 7) is 4.22. The Labute approximate surface area is 156 Å². The minimum atomic E-state index is -0.266. The minimum Gasteiger partial charge on any atom is -0.346 e. The van der Waals surface area contributed by atoms with Gasteiger partial charge in [-0.3, -0.25) is 0 Å². The van der Waals surface area contributed by atoms with E-state index in [1.807, 2.05) is 17.9 Å². The number of likely N-dealkylation sites (tertiary alicyclic amines) is 1. The number of rotatable bonds is 2. The van der Waals surface area contributed by atoms with Crippen molar-refractivity contribution in [3.63, 3.8) is 0 Å². The predicted octanol–water partition coefficient (Wildman–Crippen LogP) is 2.78. The molecule has 26 heavy (non-hydrogen) atoms. The van der Waals surface area contributed by atoms with Gasteiger partial charge in [-0.05, 0) is 24.6 Å². The topological polar surface area (TPSA) is 52.6 Å². The highest BCUT2D eigenvalue weighted by atomic mass is 32.1. The maximum atomic E-state index is 13.9. The summed E-state index contributed by atoms with van der Waals surface area (Å²) in [5.74, 6) is 1.12. The third-order valence-electron chi connectivity index (χ3n) is 5.27. The van der Waals surface area contributed by atoms with Crippen molar-refractivity contribution in [1.29, 1.82) is 0 Å². The monoisotopic (exact) mass is 375 g/mol. The lowest BCUT2D eigenvalue weighted by Gasteiger charge is -2.31. The number of anilines is 1. The minimum absolute atomic E-state index is 0.0213. The van der Waals surface area contributed by atoms with E-state index in [0.29, 0.717) is 12.5 Å². The molecule has 3 atom stereocenters. The molecule has 0 bridgehead atoms. The van der Waals surface area contributed by atoms with Crippen molar-refractivity contribution in [3.05, 3.63) is 41.5 Å². The van der Waals surface area contributed by atoms with Crippen LogP contribution in [0.25, 0.3) is 0 Å². The Morgan fingerprint density at radius 3 is 2.77 bits per heavy atom. The fourth-order valence-corrected chi connectivity index (χ4v) is 4.88. The van der Waals surface area contributed by atoms with E-state index >= 15 is 0 Å². The molecular formula is C18H22FN5OS. The van der Waals surface area contributed by atoms with Gasteiger partial charge in [0, 0.05) is 57.1 Å². The number of amides is 2. The number of fused-ring (bicyclic) bond motifs is 1. The number of hydrogen-bond acceptors (Lipinski definition) is 5. The molecule has 1 aromatic carbocycles. The van der Waals surface area contributed by atoms with Crippen LogP contribution in [0.1, 0.15) is 17.4 Å². The van der Waals surface area contributed by atoms with Crippen molar-refractivity contribution in [3.8, 4) is 0 Å². The van der Waals surface area contributed by atoms with Crippen LogP contribution in [-0.4, -0.2) is 58.9 Å². The summed E-state index contributed by atoms with van der Waals surface area (Å²) in [7, 11) is 3.52. The number of aromatic nitrogens is 2. The lowest BCUT2D eigenvalue weighted by molar-refractivity contribution is 0.159. The molecule has 0 aliphatic carbocycles. The molecular weight excluding hydrogens is 353 g/mol. The smallest absolute Gasteiger partial charge is 0.320 e. The first-order valence-electron chi connectivity index (χ1n) is 8.72. The van der Waals surface area contributed by atoms with Crippen molar-refractivity contribution in [1.82, 2.24) is 19.2 Å². The summed E-state index contributed by atoms with van der Waals surface area (Å²) in [6.07, 6.45) is 0. The average Bonchev–Trinajstić information content (AvgIpc) is 3.27. The Morgan fingerprint density at radius 2 is 2.12 bits per heavy atom. The molecule has 0 saturated carbocycles. The molecule has 2 aliphatic rings. The normalized spacial score (nSPS) is 24.8. The molecule has 138 valence electrons. The molecule has 6 nitrogen and oxygen atoms in total. The standard InChI is InChI=1S/C18H22FN5OS/c1-11-20-17(26-21-11)23-8-13-9-24(18(25)22(2)3)16(15(13)10-23)12-5-4-6-14(19)7-12/h4-7,13,15-16H,8-10H2,1-3H3/t13-,15-,16-/m1/s1. The zero-order valence-electron chi connectivity index (χ0n) is 15.1. The quantitative estimate of drug-likeness (QED) is 0.810. The van der Waals surface area contributed by atoms with Gasteiger partial charge in [0.05, 0.1) is 6.04 Å². The Balaban J connectivity index is 1.65. The molecule has 2 aliphatic heterocycles. The third kappa shape index (κ3) is 2.92. The SMILES string of the molecule is Cc1nsc(N2C[C@@H]3CN(C(=O)N(C)C)[C@H](c4cccc(F)c4)[C@@H]3C2)n1. The number of carbonyl (C=O) groups excluding carboxylic acids is 1.